The SMILES string of the molecule is CCOC(=O)c1ccc(-c2ccc(C3CC(=O)Nc4c3cnn4C)o2)cc1. The number of aryl methyl sites for hydroxylation is 1. The number of nitrogens with one attached hydrogen (secondary N) is 1. The first-order valence-corrected chi connectivity index (χ1v) is 8.76. The van der Waals surface area contributed by atoms with E-state index in [1.54, 1.807) is 37.0 Å². The number of esters is 1. The van der Waals surface area contributed by atoms with Crippen LogP contribution in [0, 0.1) is 0 Å². The fraction of sp³-hybridized carbons (Fsp3) is 0.250. The molecular weight excluding hydrogens is 346 g/mol. The lowest BCUT2D eigenvalue weighted by Crippen LogP contribution is -2.24. The third-order valence-electron chi connectivity index (χ3n) is 4.64. The second-order valence-corrected chi connectivity index (χ2v) is 6.38. The van der Waals surface area contributed by atoms with Gasteiger partial charge in [0, 0.05) is 24.6 Å². The van der Waals surface area contributed by atoms with Gasteiger partial charge in [-0.1, -0.05) is 12.1 Å². The van der Waals surface area contributed by atoms with Crippen LogP contribution in [0.2, 0.25) is 0 Å². The number of aromatic nitrogens is 2. The summed E-state index contributed by atoms with van der Waals surface area (Å²) in [6.07, 6.45) is 2.07. The van der Waals surface area contributed by atoms with Crippen LogP contribution in [-0.4, -0.2) is 28.3 Å². The molecule has 0 aliphatic carbocycles. The van der Waals surface area contributed by atoms with Gasteiger partial charge >= 0.3 is 5.97 Å². The van der Waals surface area contributed by atoms with Crippen LogP contribution >= 0.6 is 0 Å². The Morgan fingerprint density at radius 2 is 2.07 bits per heavy atom. The molecule has 3 heterocycles. The maximum Gasteiger partial charge on any atom is 0.338 e. The molecule has 1 atom stereocenters. The maximum absolute atomic E-state index is 12.1. The van der Waals surface area contributed by atoms with E-state index in [-0.39, 0.29) is 17.8 Å². The summed E-state index contributed by atoms with van der Waals surface area (Å²) in [5, 5.41) is 7.08. The number of nitrogens with zero attached hydrogens (tertiary/aromatic N) is 2. The van der Waals surface area contributed by atoms with Crippen molar-refractivity contribution in [3.8, 4) is 11.3 Å². The van der Waals surface area contributed by atoms with Gasteiger partial charge in [0.25, 0.3) is 0 Å². The first-order chi connectivity index (χ1) is 13.1. The standard InChI is InChI=1S/C20H19N3O4/c1-3-26-20(25)13-6-4-12(5-7-13)16-8-9-17(27-16)14-10-18(24)22-19-15(14)11-21-23(19)2/h4-9,11,14H,3,10H2,1-2H3,(H,22,24). The van der Waals surface area contributed by atoms with E-state index in [0.717, 1.165) is 11.1 Å². The van der Waals surface area contributed by atoms with E-state index < -0.39 is 0 Å². The molecule has 7 heteroatoms. The number of fused-ring (bicyclic) bond motifs is 1. The zero-order valence-corrected chi connectivity index (χ0v) is 15.1. The van der Waals surface area contributed by atoms with Gasteiger partial charge in [0.1, 0.15) is 17.3 Å². The van der Waals surface area contributed by atoms with Crippen LogP contribution < -0.4 is 5.32 Å². The van der Waals surface area contributed by atoms with Crippen molar-refractivity contribution in [2.45, 2.75) is 19.3 Å². The van der Waals surface area contributed by atoms with Crippen molar-refractivity contribution in [3.63, 3.8) is 0 Å². The van der Waals surface area contributed by atoms with Crippen molar-refractivity contribution < 1.29 is 18.7 Å². The van der Waals surface area contributed by atoms with E-state index in [1.165, 1.54) is 0 Å². The Morgan fingerprint density at radius 1 is 1.30 bits per heavy atom. The van der Waals surface area contributed by atoms with Gasteiger partial charge in [-0.3, -0.25) is 9.48 Å². The number of amides is 1. The molecule has 1 aromatic carbocycles. The molecule has 0 saturated carbocycles. The number of benzene rings is 1. The monoisotopic (exact) mass is 365 g/mol. The van der Waals surface area contributed by atoms with Gasteiger partial charge in [-0.05, 0) is 31.2 Å². The number of rotatable bonds is 4. The largest absolute Gasteiger partial charge is 0.462 e. The second-order valence-electron chi connectivity index (χ2n) is 6.38. The summed E-state index contributed by atoms with van der Waals surface area (Å²) in [4.78, 5) is 23.8. The number of carbonyl (C=O) groups excluding carboxylic acids is 2. The van der Waals surface area contributed by atoms with Crippen LogP contribution in [0.15, 0.2) is 47.0 Å². The molecule has 0 saturated heterocycles. The molecule has 1 aliphatic heterocycles. The first-order valence-electron chi connectivity index (χ1n) is 8.76. The predicted octanol–water partition coefficient (Wildman–Crippen LogP) is 3.33. The van der Waals surface area contributed by atoms with Crippen LogP contribution in [0.5, 0.6) is 0 Å². The van der Waals surface area contributed by atoms with E-state index in [1.807, 2.05) is 24.3 Å². The molecule has 0 fully saturated rings. The van der Waals surface area contributed by atoms with Gasteiger partial charge in [0.05, 0.1) is 24.3 Å². The van der Waals surface area contributed by atoms with Crippen molar-refractivity contribution in [3.05, 3.63) is 59.5 Å². The fourth-order valence-corrected chi connectivity index (χ4v) is 3.28. The van der Waals surface area contributed by atoms with Gasteiger partial charge in [-0.25, -0.2) is 4.79 Å². The second kappa shape index (κ2) is 6.75. The lowest BCUT2D eigenvalue weighted by Gasteiger charge is -2.21. The number of furan rings is 1. The number of anilines is 1. The highest BCUT2D eigenvalue weighted by Gasteiger charge is 2.31. The third kappa shape index (κ3) is 3.12. The van der Waals surface area contributed by atoms with Gasteiger partial charge < -0.3 is 14.5 Å². The lowest BCUT2D eigenvalue weighted by molar-refractivity contribution is -0.116. The van der Waals surface area contributed by atoms with Crippen molar-refractivity contribution >= 4 is 17.7 Å². The Balaban J connectivity index is 1.61. The molecule has 1 N–H and O–H groups in total. The number of hydrogen-bond acceptors (Lipinski definition) is 5. The summed E-state index contributed by atoms with van der Waals surface area (Å²) in [5.74, 6) is 1.51. The van der Waals surface area contributed by atoms with E-state index in [0.29, 0.717) is 35.9 Å². The molecule has 2 aromatic heterocycles. The molecule has 138 valence electrons. The van der Waals surface area contributed by atoms with E-state index >= 15 is 0 Å². The lowest BCUT2D eigenvalue weighted by atomic mass is 9.92. The Kier molecular flexibility index (Phi) is 4.27. The average Bonchev–Trinajstić information content (AvgIpc) is 3.29. The molecule has 0 spiro atoms. The molecule has 3 aromatic rings. The van der Waals surface area contributed by atoms with Crippen molar-refractivity contribution in [2.75, 3.05) is 11.9 Å². The van der Waals surface area contributed by atoms with Gasteiger partial charge in [-0.15, -0.1) is 0 Å². The third-order valence-corrected chi connectivity index (χ3v) is 4.64. The van der Waals surface area contributed by atoms with Crippen LogP contribution in [0.25, 0.3) is 11.3 Å². The summed E-state index contributed by atoms with van der Waals surface area (Å²) in [7, 11) is 1.79. The zero-order valence-electron chi connectivity index (χ0n) is 15.1. The van der Waals surface area contributed by atoms with Crippen LogP contribution in [0.1, 0.15) is 40.9 Å². The minimum absolute atomic E-state index is 0.0622. The van der Waals surface area contributed by atoms with E-state index in [4.69, 9.17) is 9.15 Å². The van der Waals surface area contributed by atoms with Crippen molar-refractivity contribution in [2.24, 2.45) is 7.05 Å². The topological polar surface area (TPSA) is 86.4 Å². The molecule has 7 nitrogen and oxygen atoms in total. The van der Waals surface area contributed by atoms with Gasteiger partial charge in [0.2, 0.25) is 5.91 Å². The van der Waals surface area contributed by atoms with Gasteiger partial charge in [-0.2, -0.15) is 5.10 Å². The molecule has 1 amide bonds. The summed E-state index contributed by atoms with van der Waals surface area (Å²) < 4.78 is 12.7. The predicted molar refractivity (Wildman–Crippen MR) is 98.4 cm³/mol. The molecule has 1 aliphatic rings. The highest BCUT2D eigenvalue weighted by atomic mass is 16.5. The van der Waals surface area contributed by atoms with Gasteiger partial charge in [0.15, 0.2) is 0 Å². The average molecular weight is 365 g/mol. The minimum atomic E-state index is -0.346. The highest BCUT2D eigenvalue weighted by molar-refractivity contribution is 5.94. The zero-order chi connectivity index (χ0) is 19.0. The van der Waals surface area contributed by atoms with Crippen molar-refractivity contribution in [1.29, 1.82) is 0 Å². The van der Waals surface area contributed by atoms with E-state index in [9.17, 15) is 9.59 Å². The number of hydrogen-bond donors (Lipinski definition) is 1. The Hall–Kier alpha value is -3.35. The fourth-order valence-electron chi connectivity index (χ4n) is 3.28. The number of carbonyl (C=O) groups is 2. The normalized spacial score (nSPS) is 15.9. The summed E-state index contributed by atoms with van der Waals surface area (Å²) in [6.45, 7) is 2.11. The Labute approximate surface area is 155 Å². The van der Waals surface area contributed by atoms with Crippen LogP contribution in [0.3, 0.4) is 0 Å². The highest BCUT2D eigenvalue weighted by Crippen LogP contribution is 2.38. The number of ether oxygens (including phenoxy) is 1. The first kappa shape index (κ1) is 17.1. The van der Waals surface area contributed by atoms with E-state index in [2.05, 4.69) is 10.4 Å². The van der Waals surface area contributed by atoms with Crippen LogP contribution in [0.4, 0.5) is 5.82 Å². The smallest absolute Gasteiger partial charge is 0.338 e. The molecule has 0 bridgehead atoms. The molecule has 0 radical (unpaired) electrons. The molecule has 1 unspecified atom stereocenters. The quantitative estimate of drug-likeness (QED) is 0.717. The van der Waals surface area contributed by atoms with Crippen molar-refractivity contribution in [1.82, 2.24) is 9.78 Å². The summed E-state index contributed by atoms with van der Waals surface area (Å²) in [6, 6.07) is 10.8. The molecule has 4 rings (SSSR count). The summed E-state index contributed by atoms with van der Waals surface area (Å²) in [5.41, 5.74) is 2.29. The van der Waals surface area contributed by atoms with Crippen LogP contribution in [-0.2, 0) is 16.6 Å². The Bertz CT molecular complexity index is 1000. The molecular formula is C20H19N3O4. The maximum atomic E-state index is 12.1. The minimum Gasteiger partial charge on any atom is -0.462 e. The summed E-state index contributed by atoms with van der Waals surface area (Å²) >= 11 is 0. The Morgan fingerprint density at radius 3 is 2.81 bits per heavy atom. The molecule has 27 heavy (non-hydrogen) atoms.